The van der Waals surface area contributed by atoms with Gasteiger partial charge in [0.25, 0.3) is 10.0 Å². The smallest absolute Gasteiger partial charge is 0.252 e. The van der Waals surface area contributed by atoms with Crippen molar-refractivity contribution in [2.24, 2.45) is 5.92 Å². The molecule has 4 heterocycles. The van der Waals surface area contributed by atoms with Crippen LogP contribution >= 0.6 is 11.3 Å². The van der Waals surface area contributed by atoms with Crippen molar-refractivity contribution in [3.8, 4) is 0 Å². The number of hydrogen-bond donors (Lipinski definition) is 1. The predicted molar refractivity (Wildman–Crippen MR) is 111 cm³/mol. The van der Waals surface area contributed by atoms with Gasteiger partial charge in [0.05, 0.1) is 18.2 Å². The van der Waals surface area contributed by atoms with E-state index in [-0.39, 0.29) is 24.4 Å². The molecule has 0 aliphatic carbocycles. The van der Waals surface area contributed by atoms with Crippen LogP contribution in [0, 0.1) is 5.92 Å². The number of furan rings is 1. The number of sulfonamides is 1. The number of carbonyl (C=O) groups is 1. The van der Waals surface area contributed by atoms with Gasteiger partial charge in [-0.3, -0.25) is 9.69 Å². The molecule has 1 N–H and O–H groups in total. The summed E-state index contributed by atoms with van der Waals surface area (Å²) in [5, 5.41) is 4.82. The van der Waals surface area contributed by atoms with Crippen LogP contribution in [0.1, 0.15) is 37.5 Å². The van der Waals surface area contributed by atoms with Crippen molar-refractivity contribution in [3.63, 3.8) is 0 Å². The number of likely N-dealkylation sites (tertiary alicyclic amines) is 1. The zero-order valence-electron chi connectivity index (χ0n) is 16.3. The number of rotatable bonds is 7. The van der Waals surface area contributed by atoms with Crippen molar-refractivity contribution in [2.75, 3.05) is 32.7 Å². The van der Waals surface area contributed by atoms with E-state index in [2.05, 4.69) is 10.2 Å². The first kappa shape index (κ1) is 20.6. The van der Waals surface area contributed by atoms with E-state index in [0.29, 0.717) is 30.1 Å². The zero-order chi connectivity index (χ0) is 20.3. The summed E-state index contributed by atoms with van der Waals surface area (Å²) in [4.78, 5) is 15.2. The van der Waals surface area contributed by atoms with Crippen LogP contribution in [0.2, 0.25) is 0 Å². The van der Waals surface area contributed by atoms with Crippen molar-refractivity contribution in [3.05, 3.63) is 41.7 Å². The van der Waals surface area contributed by atoms with Crippen LogP contribution in [0.5, 0.6) is 0 Å². The van der Waals surface area contributed by atoms with Gasteiger partial charge in [0.15, 0.2) is 0 Å². The van der Waals surface area contributed by atoms with Gasteiger partial charge in [0.1, 0.15) is 9.97 Å². The summed E-state index contributed by atoms with van der Waals surface area (Å²) >= 11 is 1.21. The topological polar surface area (TPSA) is 82.9 Å². The largest absolute Gasteiger partial charge is 0.468 e. The lowest BCUT2D eigenvalue weighted by atomic mass is 9.98. The Labute approximate surface area is 175 Å². The second-order valence-electron chi connectivity index (χ2n) is 7.65. The Morgan fingerprint density at radius 3 is 2.72 bits per heavy atom. The van der Waals surface area contributed by atoms with Gasteiger partial charge in [0.2, 0.25) is 5.91 Å². The van der Waals surface area contributed by atoms with Crippen LogP contribution in [0.4, 0.5) is 0 Å². The van der Waals surface area contributed by atoms with E-state index < -0.39 is 10.0 Å². The lowest BCUT2D eigenvalue weighted by molar-refractivity contribution is -0.126. The third-order valence-electron chi connectivity index (χ3n) is 5.77. The Kier molecular flexibility index (Phi) is 6.38. The molecule has 2 saturated heterocycles. The van der Waals surface area contributed by atoms with E-state index >= 15 is 0 Å². The van der Waals surface area contributed by atoms with Crippen molar-refractivity contribution in [2.45, 2.75) is 35.9 Å². The second kappa shape index (κ2) is 8.99. The first-order valence-electron chi connectivity index (χ1n) is 10.1. The third-order valence-corrected chi connectivity index (χ3v) is 9.00. The molecule has 4 rings (SSSR count). The van der Waals surface area contributed by atoms with Crippen molar-refractivity contribution >= 4 is 27.3 Å². The molecule has 2 fully saturated rings. The molecule has 2 aliphatic rings. The molecule has 0 spiro atoms. The standard InChI is InChI=1S/C20H27N3O4S2/c24-20(21-14-17(18-7-4-12-27-18)22-9-1-2-10-22)16-6-3-11-23(15-16)29(25,26)19-8-5-13-28-19/h4-5,7-8,12-13,16-17H,1-3,6,9-11,14-15H2,(H,21,24)/t16-,17+/m0/s1. The van der Waals surface area contributed by atoms with Crippen molar-refractivity contribution in [1.29, 1.82) is 0 Å². The van der Waals surface area contributed by atoms with Crippen LogP contribution in [0.25, 0.3) is 0 Å². The number of carbonyl (C=O) groups excluding carboxylic acids is 1. The molecule has 0 unspecified atom stereocenters. The highest BCUT2D eigenvalue weighted by atomic mass is 32.2. The van der Waals surface area contributed by atoms with Gasteiger partial charge in [-0.15, -0.1) is 11.3 Å². The van der Waals surface area contributed by atoms with Gasteiger partial charge >= 0.3 is 0 Å². The van der Waals surface area contributed by atoms with Gasteiger partial charge < -0.3 is 9.73 Å². The molecule has 0 bridgehead atoms. The third kappa shape index (κ3) is 4.58. The van der Waals surface area contributed by atoms with E-state index in [0.717, 1.165) is 31.7 Å². The SMILES string of the molecule is O=C(NC[C@H](c1ccco1)N1CCCC1)[C@H]1CCCN(S(=O)(=O)c2cccs2)C1. The average molecular weight is 438 g/mol. The summed E-state index contributed by atoms with van der Waals surface area (Å²) in [6.45, 7) is 3.17. The molecule has 2 aromatic rings. The van der Waals surface area contributed by atoms with Gasteiger partial charge in [-0.2, -0.15) is 4.31 Å². The first-order valence-corrected chi connectivity index (χ1v) is 12.5. The molecule has 158 valence electrons. The quantitative estimate of drug-likeness (QED) is 0.720. The van der Waals surface area contributed by atoms with E-state index in [1.54, 1.807) is 23.8 Å². The van der Waals surface area contributed by atoms with Crippen LogP contribution in [0.15, 0.2) is 44.5 Å². The lowest BCUT2D eigenvalue weighted by Crippen LogP contribution is -2.46. The molecule has 2 aliphatic heterocycles. The minimum atomic E-state index is -3.52. The number of hydrogen-bond acceptors (Lipinski definition) is 6. The summed E-state index contributed by atoms with van der Waals surface area (Å²) in [7, 11) is -3.52. The van der Waals surface area contributed by atoms with E-state index in [1.807, 2.05) is 12.1 Å². The second-order valence-corrected chi connectivity index (χ2v) is 10.8. The molecular formula is C20H27N3O4S2. The van der Waals surface area contributed by atoms with Crippen LogP contribution in [0.3, 0.4) is 0 Å². The average Bonchev–Trinajstić information content (AvgIpc) is 3.51. The Hall–Kier alpha value is -1.68. The summed E-state index contributed by atoms with van der Waals surface area (Å²) in [5.74, 6) is 0.457. The van der Waals surface area contributed by atoms with E-state index in [4.69, 9.17) is 4.42 Å². The highest BCUT2D eigenvalue weighted by Crippen LogP contribution is 2.28. The fourth-order valence-corrected chi connectivity index (χ4v) is 6.87. The molecule has 0 saturated carbocycles. The zero-order valence-corrected chi connectivity index (χ0v) is 18.0. The fourth-order valence-electron chi connectivity index (χ4n) is 4.20. The maximum atomic E-state index is 12.9. The minimum Gasteiger partial charge on any atom is -0.468 e. The normalized spacial score (nSPS) is 22.6. The molecular weight excluding hydrogens is 410 g/mol. The summed E-state index contributed by atoms with van der Waals surface area (Å²) in [6.07, 6.45) is 5.37. The summed E-state index contributed by atoms with van der Waals surface area (Å²) in [6, 6.07) is 7.19. The Bertz CT molecular complexity index is 890. The maximum Gasteiger partial charge on any atom is 0.252 e. The van der Waals surface area contributed by atoms with E-state index in [9.17, 15) is 13.2 Å². The Balaban J connectivity index is 1.39. The lowest BCUT2D eigenvalue weighted by Gasteiger charge is -2.32. The molecule has 2 atom stereocenters. The van der Waals surface area contributed by atoms with Gasteiger partial charge in [-0.05, 0) is 62.4 Å². The molecule has 2 aromatic heterocycles. The molecule has 29 heavy (non-hydrogen) atoms. The van der Waals surface area contributed by atoms with Crippen LogP contribution in [-0.2, 0) is 14.8 Å². The van der Waals surface area contributed by atoms with Gasteiger partial charge in [-0.1, -0.05) is 6.07 Å². The molecule has 7 nitrogen and oxygen atoms in total. The molecule has 1 amide bonds. The van der Waals surface area contributed by atoms with Gasteiger partial charge in [-0.25, -0.2) is 8.42 Å². The summed E-state index contributed by atoms with van der Waals surface area (Å²) < 4.78 is 33.0. The number of nitrogens with one attached hydrogen (secondary N) is 1. The summed E-state index contributed by atoms with van der Waals surface area (Å²) in [5.41, 5.74) is 0. The minimum absolute atomic E-state index is 0.0194. The first-order chi connectivity index (χ1) is 14.1. The highest BCUT2D eigenvalue weighted by Gasteiger charge is 2.34. The predicted octanol–water partition coefficient (Wildman–Crippen LogP) is 2.70. The monoisotopic (exact) mass is 437 g/mol. The van der Waals surface area contributed by atoms with Crippen LogP contribution < -0.4 is 5.32 Å². The van der Waals surface area contributed by atoms with Crippen molar-refractivity contribution in [1.82, 2.24) is 14.5 Å². The number of nitrogens with zero attached hydrogens (tertiary/aromatic N) is 2. The maximum absolute atomic E-state index is 12.9. The fraction of sp³-hybridized carbons (Fsp3) is 0.550. The molecule has 9 heteroatoms. The number of piperidine rings is 1. The Morgan fingerprint density at radius 2 is 2.03 bits per heavy atom. The highest BCUT2D eigenvalue weighted by molar-refractivity contribution is 7.91. The molecule has 0 radical (unpaired) electrons. The van der Waals surface area contributed by atoms with Gasteiger partial charge in [0, 0.05) is 19.6 Å². The van der Waals surface area contributed by atoms with Crippen LogP contribution in [-0.4, -0.2) is 56.3 Å². The van der Waals surface area contributed by atoms with E-state index in [1.165, 1.54) is 15.6 Å². The number of thiophene rings is 1. The molecule has 0 aromatic carbocycles. The Morgan fingerprint density at radius 1 is 1.21 bits per heavy atom. The number of amides is 1. The van der Waals surface area contributed by atoms with Crippen molar-refractivity contribution < 1.29 is 17.6 Å².